The standard InChI is InChI=1S/C22H19F2NO/c1-12-9-17(15-7-5-4-6-8-15)13(2)14(3)20(12)16-10-18(22(25)26)21(24)19(23)11-16/h4-11H,1-3H3,(H2,25,26). The first-order chi connectivity index (χ1) is 12.3. The summed E-state index contributed by atoms with van der Waals surface area (Å²) in [4.78, 5) is 11.4. The molecule has 0 aliphatic heterocycles. The van der Waals surface area contributed by atoms with E-state index in [9.17, 15) is 13.6 Å². The molecule has 0 saturated heterocycles. The van der Waals surface area contributed by atoms with Crippen molar-refractivity contribution in [1.29, 1.82) is 0 Å². The van der Waals surface area contributed by atoms with Crippen molar-refractivity contribution in [2.75, 3.05) is 0 Å². The summed E-state index contributed by atoms with van der Waals surface area (Å²) >= 11 is 0. The molecule has 3 rings (SSSR count). The zero-order valence-electron chi connectivity index (χ0n) is 14.9. The van der Waals surface area contributed by atoms with E-state index in [1.54, 1.807) is 0 Å². The summed E-state index contributed by atoms with van der Waals surface area (Å²) in [7, 11) is 0. The third kappa shape index (κ3) is 2.99. The molecule has 1 amide bonds. The Morgan fingerprint density at radius 2 is 1.54 bits per heavy atom. The minimum atomic E-state index is -1.21. The number of hydrogen-bond acceptors (Lipinski definition) is 1. The van der Waals surface area contributed by atoms with Gasteiger partial charge in [0.1, 0.15) is 0 Å². The van der Waals surface area contributed by atoms with Gasteiger partial charge < -0.3 is 5.73 Å². The van der Waals surface area contributed by atoms with Crippen LogP contribution in [0.5, 0.6) is 0 Å². The summed E-state index contributed by atoms with van der Waals surface area (Å²) < 4.78 is 27.8. The Morgan fingerprint density at radius 3 is 2.15 bits per heavy atom. The molecule has 0 spiro atoms. The van der Waals surface area contributed by atoms with Gasteiger partial charge in [-0.3, -0.25) is 4.79 Å². The lowest BCUT2D eigenvalue weighted by Crippen LogP contribution is -2.14. The van der Waals surface area contributed by atoms with Crippen molar-refractivity contribution in [3.63, 3.8) is 0 Å². The monoisotopic (exact) mass is 351 g/mol. The number of hydrogen-bond donors (Lipinski definition) is 1. The number of benzene rings is 3. The molecule has 4 heteroatoms. The van der Waals surface area contributed by atoms with Gasteiger partial charge in [0.2, 0.25) is 0 Å². The first-order valence-corrected chi connectivity index (χ1v) is 8.26. The van der Waals surface area contributed by atoms with Gasteiger partial charge >= 0.3 is 0 Å². The molecule has 0 fully saturated rings. The highest BCUT2D eigenvalue weighted by molar-refractivity contribution is 5.95. The van der Waals surface area contributed by atoms with Crippen LogP contribution in [0.2, 0.25) is 0 Å². The van der Waals surface area contributed by atoms with Crippen molar-refractivity contribution in [3.05, 3.63) is 82.4 Å². The van der Waals surface area contributed by atoms with Crippen molar-refractivity contribution >= 4 is 5.91 Å². The second-order valence-electron chi connectivity index (χ2n) is 6.42. The van der Waals surface area contributed by atoms with Crippen LogP contribution < -0.4 is 5.73 Å². The molecular weight excluding hydrogens is 332 g/mol. The number of rotatable bonds is 3. The summed E-state index contributed by atoms with van der Waals surface area (Å²) in [6, 6.07) is 14.4. The summed E-state index contributed by atoms with van der Waals surface area (Å²) in [6.45, 7) is 5.85. The SMILES string of the molecule is Cc1cc(-c2ccccc2)c(C)c(C)c1-c1cc(F)c(F)c(C(N)=O)c1. The number of aryl methyl sites for hydroxylation is 1. The molecular formula is C22H19F2NO. The highest BCUT2D eigenvalue weighted by Gasteiger charge is 2.19. The number of primary amides is 1. The van der Waals surface area contributed by atoms with E-state index in [1.165, 1.54) is 6.07 Å². The zero-order valence-corrected chi connectivity index (χ0v) is 14.9. The number of amides is 1. The third-order valence-corrected chi connectivity index (χ3v) is 4.76. The van der Waals surface area contributed by atoms with Crippen LogP contribution in [0.15, 0.2) is 48.5 Å². The van der Waals surface area contributed by atoms with Gasteiger partial charge in [0, 0.05) is 0 Å². The van der Waals surface area contributed by atoms with Gasteiger partial charge in [-0.2, -0.15) is 0 Å². The van der Waals surface area contributed by atoms with Crippen molar-refractivity contribution in [2.24, 2.45) is 5.73 Å². The fourth-order valence-electron chi connectivity index (χ4n) is 3.36. The fourth-order valence-corrected chi connectivity index (χ4v) is 3.36. The van der Waals surface area contributed by atoms with Gasteiger partial charge in [-0.1, -0.05) is 36.4 Å². The smallest absolute Gasteiger partial charge is 0.251 e. The van der Waals surface area contributed by atoms with E-state index >= 15 is 0 Å². The Kier molecular flexibility index (Phi) is 4.60. The van der Waals surface area contributed by atoms with Gasteiger partial charge in [0.15, 0.2) is 11.6 Å². The molecule has 132 valence electrons. The lowest BCUT2D eigenvalue weighted by atomic mass is 9.87. The number of carbonyl (C=O) groups is 1. The fraction of sp³-hybridized carbons (Fsp3) is 0.136. The molecule has 26 heavy (non-hydrogen) atoms. The van der Waals surface area contributed by atoms with Crippen molar-refractivity contribution in [1.82, 2.24) is 0 Å². The molecule has 0 aliphatic rings. The predicted molar refractivity (Wildman–Crippen MR) is 100.0 cm³/mol. The molecule has 0 aromatic heterocycles. The van der Waals surface area contributed by atoms with Gasteiger partial charge in [0.05, 0.1) is 5.56 Å². The van der Waals surface area contributed by atoms with E-state index in [2.05, 4.69) is 0 Å². The molecule has 0 atom stereocenters. The molecule has 0 saturated carbocycles. The van der Waals surface area contributed by atoms with E-state index in [0.717, 1.165) is 39.4 Å². The van der Waals surface area contributed by atoms with Crippen LogP contribution in [0.25, 0.3) is 22.3 Å². The number of halogens is 2. The van der Waals surface area contributed by atoms with Crippen molar-refractivity contribution in [3.8, 4) is 22.3 Å². The number of nitrogens with two attached hydrogens (primary N) is 1. The van der Waals surface area contributed by atoms with Crippen molar-refractivity contribution < 1.29 is 13.6 Å². The van der Waals surface area contributed by atoms with E-state index < -0.39 is 23.1 Å². The van der Waals surface area contributed by atoms with Gasteiger partial charge in [-0.15, -0.1) is 0 Å². The second-order valence-corrected chi connectivity index (χ2v) is 6.42. The predicted octanol–water partition coefficient (Wildman–Crippen LogP) is 5.32. The normalized spacial score (nSPS) is 10.8. The van der Waals surface area contributed by atoms with Gasteiger partial charge in [0.25, 0.3) is 5.91 Å². The van der Waals surface area contributed by atoms with Crippen LogP contribution in [-0.4, -0.2) is 5.91 Å². The Bertz CT molecular complexity index is 1010. The van der Waals surface area contributed by atoms with Crippen molar-refractivity contribution in [2.45, 2.75) is 20.8 Å². The Hall–Kier alpha value is -3.01. The average Bonchev–Trinajstić information content (AvgIpc) is 2.61. The van der Waals surface area contributed by atoms with Crippen LogP contribution in [0.3, 0.4) is 0 Å². The van der Waals surface area contributed by atoms with Gasteiger partial charge in [-0.25, -0.2) is 8.78 Å². The quantitative estimate of drug-likeness (QED) is 0.681. The summed E-state index contributed by atoms with van der Waals surface area (Å²) in [5.74, 6) is -3.29. The lowest BCUT2D eigenvalue weighted by Gasteiger charge is -2.18. The molecule has 2 nitrogen and oxygen atoms in total. The number of carbonyl (C=O) groups excluding carboxylic acids is 1. The Balaban J connectivity index is 2.25. The second kappa shape index (κ2) is 6.71. The van der Waals surface area contributed by atoms with Crippen LogP contribution in [0, 0.1) is 32.4 Å². The molecule has 0 bridgehead atoms. The maximum atomic E-state index is 14.0. The molecule has 0 unspecified atom stereocenters. The van der Waals surface area contributed by atoms with E-state index in [1.807, 2.05) is 57.2 Å². The summed E-state index contributed by atoms with van der Waals surface area (Å²) in [5, 5.41) is 0. The van der Waals surface area contributed by atoms with E-state index in [4.69, 9.17) is 5.73 Å². The summed E-state index contributed by atoms with van der Waals surface area (Å²) in [5.41, 5.74) is 11.0. The Labute approximate surface area is 151 Å². The molecule has 0 heterocycles. The van der Waals surface area contributed by atoms with Crippen LogP contribution >= 0.6 is 0 Å². The zero-order chi connectivity index (χ0) is 19.0. The lowest BCUT2D eigenvalue weighted by molar-refractivity contribution is 0.0995. The maximum Gasteiger partial charge on any atom is 0.251 e. The van der Waals surface area contributed by atoms with E-state index in [-0.39, 0.29) is 0 Å². The van der Waals surface area contributed by atoms with E-state index in [0.29, 0.717) is 5.56 Å². The minimum Gasteiger partial charge on any atom is -0.366 e. The highest BCUT2D eigenvalue weighted by atomic mass is 19.2. The molecule has 3 aromatic rings. The molecule has 2 N–H and O–H groups in total. The van der Waals surface area contributed by atoms with Crippen LogP contribution in [0.4, 0.5) is 8.78 Å². The topological polar surface area (TPSA) is 43.1 Å². The third-order valence-electron chi connectivity index (χ3n) is 4.76. The minimum absolute atomic E-state index is 0.440. The van der Waals surface area contributed by atoms with Crippen LogP contribution in [0.1, 0.15) is 27.0 Å². The molecule has 3 aromatic carbocycles. The van der Waals surface area contributed by atoms with Gasteiger partial charge in [-0.05, 0) is 71.8 Å². The molecule has 0 aliphatic carbocycles. The van der Waals surface area contributed by atoms with Crippen LogP contribution in [-0.2, 0) is 0 Å². The summed E-state index contributed by atoms with van der Waals surface area (Å²) in [6.07, 6.45) is 0. The first kappa shape index (κ1) is 17.8. The molecule has 0 radical (unpaired) electrons. The first-order valence-electron chi connectivity index (χ1n) is 8.26. The largest absolute Gasteiger partial charge is 0.366 e. The highest BCUT2D eigenvalue weighted by Crippen LogP contribution is 2.36. The average molecular weight is 351 g/mol. The maximum absolute atomic E-state index is 14.0. The Morgan fingerprint density at radius 1 is 0.885 bits per heavy atom.